The van der Waals surface area contributed by atoms with Gasteiger partial charge in [-0.05, 0) is 42.7 Å². The van der Waals surface area contributed by atoms with Gasteiger partial charge in [0.2, 0.25) is 0 Å². The van der Waals surface area contributed by atoms with E-state index in [4.69, 9.17) is 5.11 Å². The Labute approximate surface area is 131 Å². The topological polar surface area (TPSA) is 78.4 Å². The summed E-state index contributed by atoms with van der Waals surface area (Å²) in [5.74, 6) is -0.638. The van der Waals surface area contributed by atoms with E-state index in [-0.39, 0.29) is 18.6 Å². The second kappa shape index (κ2) is 7.40. The summed E-state index contributed by atoms with van der Waals surface area (Å²) in [5, 5.41) is 14.5. The first kappa shape index (κ1) is 16.5. The fraction of sp³-hybridized carbons (Fsp3) is 0.529. The number of aliphatic hydroxyl groups excluding tert-OH is 1. The van der Waals surface area contributed by atoms with Crippen molar-refractivity contribution in [1.82, 2.24) is 5.32 Å². The lowest BCUT2D eigenvalue weighted by Crippen LogP contribution is -2.43. The summed E-state index contributed by atoms with van der Waals surface area (Å²) in [7, 11) is 0. The molecule has 5 nitrogen and oxygen atoms in total. The molecule has 0 heterocycles. The first-order valence-electron chi connectivity index (χ1n) is 7.84. The molecule has 1 atom stereocenters. The minimum atomic E-state index is -0.656. The minimum absolute atomic E-state index is 0.0131. The van der Waals surface area contributed by atoms with Crippen molar-refractivity contribution in [3.05, 3.63) is 29.8 Å². The second-order valence-electron chi connectivity index (χ2n) is 6.13. The van der Waals surface area contributed by atoms with Crippen LogP contribution in [0.4, 0.5) is 5.69 Å². The molecule has 1 aromatic rings. The lowest BCUT2D eigenvalue weighted by atomic mass is 10.0. The lowest BCUT2D eigenvalue weighted by Gasteiger charge is -2.18. The molecular formula is C17H24N2O3. The fourth-order valence-electron chi connectivity index (χ4n) is 2.59. The van der Waals surface area contributed by atoms with E-state index in [9.17, 15) is 9.59 Å². The van der Waals surface area contributed by atoms with Crippen LogP contribution >= 0.6 is 0 Å². The van der Waals surface area contributed by atoms with Crippen LogP contribution in [0.2, 0.25) is 0 Å². The molecule has 1 unspecified atom stereocenters. The standard InChI is InChI=1S/C17H24N2O3/c1-11(2)13-5-3-4-6-15(13)19-17(22)16(21)18-14(9-10-20)12-7-8-12/h3-6,11-12,14,20H,7-10H2,1-2H3,(H,18,21)(H,19,22). The molecule has 1 aliphatic rings. The van der Waals surface area contributed by atoms with Crippen molar-refractivity contribution in [3.63, 3.8) is 0 Å². The molecule has 5 heteroatoms. The smallest absolute Gasteiger partial charge is 0.313 e. The maximum absolute atomic E-state index is 12.1. The predicted molar refractivity (Wildman–Crippen MR) is 85.5 cm³/mol. The molecule has 2 rings (SSSR count). The van der Waals surface area contributed by atoms with Crippen LogP contribution in [0.15, 0.2) is 24.3 Å². The fourth-order valence-corrected chi connectivity index (χ4v) is 2.59. The van der Waals surface area contributed by atoms with Crippen molar-refractivity contribution >= 4 is 17.5 Å². The summed E-state index contributed by atoms with van der Waals surface area (Å²) in [6, 6.07) is 7.38. The number of nitrogens with one attached hydrogen (secondary N) is 2. The summed E-state index contributed by atoms with van der Waals surface area (Å²) in [6.07, 6.45) is 2.58. The van der Waals surface area contributed by atoms with Gasteiger partial charge < -0.3 is 15.7 Å². The van der Waals surface area contributed by atoms with E-state index in [0.717, 1.165) is 18.4 Å². The zero-order valence-corrected chi connectivity index (χ0v) is 13.1. The minimum Gasteiger partial charge on any atom is -0.396 e. The Morgan fingerprint density at radius 3 is 2.50 bits per heavy atom. The van der Waals surface area contributed by atoms with Crippen LogP contribution in [0.25, 0.3) is 0 Å². The van der Waals surface area contributed by atoms with E-state index < -0.39 is 11.8 Å². The normalized spacial score (nSPS) is 15.5. The first-order valence-corrected chi connectivity index (χ1v) is 7.84. The molecule has 0 radical (unpaired) electrons. The molecule has 0 aromatic heterocycles. The van der Waals surface area contributed by atoms with Crippen LogP contribution in [-0.4, -0.2) is 29.6 Å². The predicted octanol–water partition coefficient (Wildman–Crippen LogP) is 2.03. The van der Waals surface area contributed by atoms with Gasteiger partial charge in [-0.15, -0.1) is 0 Å². The largest absolute Gasteiger partial charge is 0.396 e. The monoisotopic (exact) mass is 304 g/mol. The van der Waals surface area contributed by atoms with Gasteiger partial charge in [0, 0.05) is 18.3 Å². The van der Waals surface area contributed by atoms with Crippen LogP contribution in [-0.2, 0) is 9.59 Å². The van der Waals surface area contributed by atoms with Gasteiger partial charge >= 0.3 is 11.8 Å². The first-order chi connectivity index (χ1) is 10.5. The summed E-state index contributed by atoms with van der Waals surface area (Å²) in [6.45, 7) is 4.09. The number of anilines is 1. The molecule has 0 bridgehead atoms. The molecule has 1 fully saturated rings. The highest BCUT2D eigenvalue weighted by molar-refractivity contribution is 6.39. The number of carbonyl (C=O) groups excluding carboxylic acids is 2. The molecule has 3 N–H and O–H groups in total. The molecule has 0 spiro atoms. The number of rotatable bonds is 6. The Bertz CT molecular complexity index is 538. The average Bonchev–Trinajstić information content (AvgIpc) is 3.31. The van der Waals surface area contributed by atoms with Gasteiger partial charge in [0.05, 0.1) is 0 Å². The number of para-hydroxylation sites is 1. The Morgan fingerprint density at radius 1 is 1.23 bits per heavy atom. The molecule has 1 aromatic carbocycles. The summed E-state index contributed by atoms with van der Waals surface area (Å²) in [4.78, 5) is 24.1. The van der Waals surface area contributed by atoms with E-state index in [1.54, 1.807) is 6.07 Å². The highest BCUT2D eigenvalue weighted by Gasteiger charge is 2.33. The van der Waals surface area contributed by atoms with Crippen molar-refractivity contribution in [1.29, 1.82) is 0 Å². The Balaban J connectivity index is 1.98. The van der Waals surface area contributed by atoms with E-state index in [1.165, 1.54) is 0 Å². The quantitative estimate of drug-likeness (QED) is 0.704. The van der Waals surface area contributed by atoms with Gasteiger partial charge in [-0.25, -0.2) is 0 Å². The third kappa shape index (κ3) is 4.31. The highest BCUT2D eigenvalue weighted by Crippen LogP contribution is 2.33. The highest BCUT2D eigenvalue weighted by atomic mass is 16.3. The molecule has 1 aliphatic carbocycles. The molecule has 2 amide bonds. The SMILES string of the molecule is CC(C)c1ccccc1NC(=O)C(=O)NC(CCO)C1CC1. The third-order valence-corrected chi connectivity index (χ3v) is 3.98. The third-order valence-electron chi connectivity index (χ3n) is 3.98. The van der Waals surface area contributed by atoms with E-state index in [2.05, 4.69) is 10.6 Å². The number of amides is 2. The Kier molecular flexibility index (Phi) is 5.55. The second-order valence-corrected chi connectivity index (χ2v) is 6.13. The van der Waals surface area contributed by atoms with Crippen molar-refractivity contribution < 1.29 is 14.7 Å². The average molecular weight is 304 g/mol. The van der Waals surface area contributed by atoms with Gasteiger partial charge in [-0.2, -0.15) is 0 Å². The van der Waals surface area contributed by atoms with Gasteiger partial charge in [0.25, 0.3) is 0 Å². The lowest BCUT2D eigenvalue weighted by molar-refractivity contribution is -0.136. The number of benzene rings is 1. The van der Waals surface area contributed by atoms with Crippen LogP contribution < -0.4 is 10.6 Å². The molecule has 120 valence electrons. The molecular weight excluding hydrogens is 280 g/mol. The number of hydrogen-bond acceptors (Lipinski definition) is 3. The molecule has 0 saturated heterocycles. The van der Waals surface area contributed by atoms with Crippen LogP contribution in [0, 0.1) is 5.92 Å². The number of aliphatic hydroxyl groups is 1. The van der Waals surface area contributed by atoms with E-state index >= 15 is 0 Å². The summed E-state index contributed by atoms with van der Waals surface area (Å²) < 4.78 is 0. The zero-order chi connectivity index (χ0) is 16.1. The van der Waals surface area contributed by atoms with Crippen molar-refractivity contribution in [3.8, 4) is 0 Å². The number of carbonyl (C=O) groups is 2. The molecule has 0 aliphatic heterocycles. The molecule has 1 saturated carbocycles. The van der Waals surface area contributed by atoms with Crippen LogP contribution in [0.1, 0.15) is 44.6 Å². The summed E-state index contributed by atoms with van der Waals surface area (Å²) >= 11 is 0. The van der Waals surface area contributed by atoms with Crippen LogP contribution in [0.3, 0.4) is 0 Å². The summed E-state index contributed by atoms with van der Waals surface area (Å²) in [5.41, 5.74) is 1.67. The Morgan fingerprint density at radius 2 is 1.91 bits per heavy atom. The van der Waals surface area contributed by atoms with E-state index in [1.807, 2.05) is 32.0 Å². The van der Waals surface area contributed by atoms with Gasteiger partial charge in [0.15, 0.2) is 0 Å². The van der Waals surface area contributed by atoms with Gasteiger partial charge in [-0.1, -0.05) is 32.0 Å². The van der Waals surface area contributed by atoms with Crippen LogP contribution in [0.5, 0.6) is 0 Å². The van der Waals surface area contributed by atoms with Gasteiger partial charge in [0.1, 0.15) is 0 Å². The van der Waals surface area contributed by atoms with Crippen molar-refractivity contribution in [2.24, 2.45) is 5.92 Å². The maximum atomic E-state index is 12.1. The Hall–Kier alpha value is -1.88. The maximum Gasteiger partial charge on any atom is 0.313 e. The van der Waals surface area contributed by atoms with Crippen molar-refractivity contribution in [2.75, 3.05) is 11.9 Å². The van der Waals surface area contributed by atoms with E-state index in [0.29, 0.717) is 18.0 Å². The molecule has 22 heavy (non-hydrogen) atoms. The number of hydrogen-bond donors (Lipinski definition) is 3. The van der Waals surface area contributed by atoms with Crippen molar-refractivity contribution in [2.45, 2.75) is 45.1 Å². The zero-order valence-electron chi connectivity index (χ0n) is 13.1. The van der Waals surface area contributed by atoms with Gasteiger partial charge in [-0.3, -0.25) is 9.59 Å².